The molecule has 2 rings (SSSR count). The minimum atomic E-state index is -0.217. The van der Waals surface area contributed by atoms with Crippen LogP contribution in [0.25, 0.3) is 0 Å². The molecular weight excluding hydrogens is 310 g/mol. The predicted octanol–water partition coefficient (Wildman–Crippen LogP) is 2.46. The molecule has 1 aromatic rings. The van der Waals surface area contributed by atoms with Crippen LogP contribution < -0.4 is 5.32 Å². The van der Waals surface area contributed by atoms with Crippen LogP contribution in [0.5, 0.6) is 0 Å². The van der Waals surface area contributed by atoms with Crippen LogP contribution in [0.3, 0.4) is 0 Å². The molecule has 1 atom stereocenters. The highest BCUT2D eigenvalue weighted by atomic mass is 32.1. The average molecular weight is 337 g/mol. The number of aryl methyl sites for hydroxylation is 3. The number of carbonyl (C=O) groups is 2. The van der Waals surface area contributed by atoms with Crippen molar-refractivity contribution in [1.82, 2.24) is 15.2 Å². The Balaban J connectivity index is 1.74. The van der Waals surface area contributed by atoms with Crippen LogP contribution in [0, 0.1) is 19.8 Å². The third-order valence-electron chi connectivity index (χ3n) is 4.25. The van der Waals surface area contributed by atoms with Gasteiger partial charge in [0, 0.05) is 36.3 Å². The van der Waals surface area contributed by atoms with Crippen molar-refractivity contribution in [2.45, 2.75) is 59.4 Å². The van der Waals surface area contributed by atoms with Crippen LogP contribution in [0.1, 0.15) is 49.2 Å². The number of aromatic nitrogens is 1. The average Bonchev–Trinajstić information content (AvgIpc) is 2.98. The summed E-state index contributed by atoms with van der Waals surface area (Å²) in [7, 11) is 0. The Morgan fingerprint density at radius 1 is 1.39 bits per heavy atom. The van der Waals surface area contributed by atoms with E-state index in [9.17, 15) is 9.59 Å². The highest BCUT2D eigenvalue weighted by molar-refractivity contribution is 7.11. The number of hydrogen-bond donors (Lipinski definition) is 1. The molecular formula is C17H27N3O2S. The first-order valence-electron chi connectivity index (χ1n) is 8.19. The summed E-state index contributed by atoms with van der Waals surface area (Å²) in [4.78, 5) is 31.8. The molecule has 1 fully saturated rings. The van der Waals surface area contributed by atoms with Crippen LogP contribution in [0.2, 0.25) is 0 Å². The van der Waals surface area contributed by atoms with E-state index in [0.717, 1.165) is 23.5 Å². The molecule has 1 saturated heterocycles. The van der Waals surface area contributed by atoms with Gasteiger partial charge in [-0.15, -0.1) is 11.3 Å². The number of likely N-dealkylation sites (tertiary alicyclic amines) is 1. The van der Waals surface area contributed by atoms with Gasteiger partial charge in [0.2, 0.25) is 11.8 Å². The molecule has 1 aromatic heterocycles. The molecule has 1 aliphatic heterocycles. The Kier molecular flexibility index (Phi) is 5.45. The van der Waals surface area contributed by atoms with E-state index in [1.807, 2.05) is 27.7 Å². The van der Waals surface area contributed by atoms with Crippen molar-refractivity contribution in [2.75, 3.05) is 13.1 Å². The Bertz CT molecular complexity index is 570. The molecule has 23 heavy (non-hydrogen) atoms. The fourth-order valence-electron chi connectivity index (χ4n) is 2.77. The molecule has 2 heterocycles. The number of carbonyl (C=O) groups excluding carboxylic acids is 2. The van der Waals surface area contributed by atoms with Crippen LogP contribution in [-0.2, 0) is 16.0 Å². The summed E-state index contributed by atoms with van der Waals surface area (Å²) in [6, 6.07) is 0. The van der Waals surface area contributed by atoms with Crippen molar-refractivity contribution in [2.24, 2.45) is 5.92 Å². The molecule has 0 saturated carbocycles. The standard InChI is InChI=1S/C17H27N3O2S/c1-11-12(2)23-14(19-11)7-6-8-18-16(22)13-9-15(21)20(10-13)17(3,4)5/h13H,6-10H2,1-5H3,(H,18,22)/t13-/m0/s1. The van der Waals surface area contributed by atoms with Gasteiger partial charge in [0.25, 0.3) is 0 Å². The molecule has 0 spiro atoms. The van der Waals surface area contributed by atoms with E-state index < -0.39 is 0 Å². The van der Waals surface area contributed by atoms with Crippen LogP contribution in [0.4, 0.5) is 0 Å². The maximum Gasteiger partial charge on any atom is 0.225 e. The number of nitrogens with zero attached hydrogens (tertiary/aromatic N) is 2. The van der Waals surface area contributed by atoms with Gasteiger partial charge in [0.05, 0.1) is 16.6 Å². The lowest BCUT2D eigenvalue weighted by atomic mass is 10.1. The smallest absolute Gasteiger partial charge is 0.225 e. The Labute approximate surface area is 142 Å². The molecule has 0 radical (unpaired) electrons. The minimum Gasteiger partial charge on any atom is -0.356 e. The fourth-order valence-corrected chi connectivity index (χ4v) is 3.75. The van der Waals surface area contributed by atoms with Crippen molar-refractivity contribution < 1.29 is 9.59 Å². The van der Waals surface area contributed by atoms with Gasteiger partial charge in [-0.2, -0.15) is 0 Å². The van der Waals surface area contributed by atoms with E-state index >= 15 is 0 Å². The topological polar surface area (TPSA) is 62.3 Å². The highest BCUT2D eigenvalue weighted by Crippen LogP contribution is 2.25. The van der Waals surface area contributed by atoms with Crippen molar-refractivity contribution >= 4 is 23.2 Å². The molecule has 128 valence electrons. The van der Waals surface area contributed by atoms with Crippen LogP contribution in [-0.4, -0.2) is 40.3 Å². The first-order chi connectivity index (χ1) is 10.7. The van der Waals surface area contributed by atoms with Gasteiger partial charge < -0.3 is 10.2 Å². The van der Waals surface area contributed by atoms with Gasteiger partial charge in [0.15, 0.2) is 0 Å². The maximum atomic E-state index is 12.2. The molecule has 0 aromatic carbocycles. The molecule has 5 nitrogen and oxygen atoms in total. The van der Waals surface area contributed by atoms with E-state index in [1.165, 1.54) is 4.88 Å². The lowest BCUT2D eigenvalue weighted by Gasteiger charge is -2.31. The summed E-state index contributed by atoms with van der Waals surface area (Å²) in [5.74, 6) is -0.144. The Morgan fingerprint density at radius 2 is 2.09 bits per heavy atom. The first-order valence-corrected chi connectivity index (χ1v) is 9.01. The quantitative estimate of drug-likeness (QED) is 0.840. The summed E-state index contributed by atoms with van der Waals surface area (Å²) in [6.45, 7) is 11.3. The van der Waals surface area contributed by atoms with E-state index in [1.54, 1.807) is 16.2 Å². The maximum absolute atomic E-state index is 12.2. The molecule has 1 aliphatic rings. The van der Waals surface area contributed by atoms with Gasteiger partial charge in [-0.25, -0.2) is 4.98 Å². The zero-order valence-corrected chi connectivity index (χ0v) is 15.5. The molecule has 2 amide bonds. The van der Waals surface area contributed by atoms with Gasteiger partial charge in [-0.3, -0.25) is 9.59 Å². The van der Waals surface area contributed by atoms with Crippen LogP contribution in [0.15, 0.2) is 0 Å². The zero-order chi connectivity index (χ0) is 17.2. The highest BCUT2D eigenvalue weighted by Gasteiger charge is 2.39. The Morgan fingerprint density at radius 3 is 2.61 bits per heavy atom. The summed E-state index contributed by atoms with van der Waals surface area (Å²) in [5.41, 5.74) is 0.882. The fraction of sp³-hybridized carbons (Fsp3) is 0.706. The number of thiazole rings is 1. The van der Waals surface area contributed by atoms with E-state index in [4.69, 9.17) is 0 Å². The largest absolute Gasteiger partial charge is 0.356 e. The van der Waals surface area contributed by atoms with Crippen molar-refractivity contribution in [3.05, 3.63) is 15.6 Å². The lowest BCUT2D eigenvalue weighted by molar-refractivity contribution is -0.132. The van der Waals surface area contributed by atoms with Crippen molar-refractivity contribution in [1.29, 1.82) is 0 Å². The van der Waals surface area contributed by atoms with Gasteiger partial charge in [-0.05, 0) is 41.0 Å². The third-order valence-corrected chi connectivity index (χ3v) is 5.38. The lowest BCUT2D eigenvalue weighted by Crippen LogP contribution is -2.43. The second kappa shape index (κ2) is 6.99. The number of amides is 2. The monoisotopic (exact) mass is 337 g/mol. The zero-order valence-electron chi connectivity index (χ0n) is 14.7. The minimum absolute atomic E-state index is 0.00315. The first kappa shape index (κ1) is 17.9. The third kappa shape index (κ3) is 4.53. The number of hydrogen-bond acceptors (Lipinski definition) is 4. The predicted molar refractivity (Wildman–Crippen MR) is 92.5 cm³/mol. The van der Waals surface area contributed by atoms with Crippen LogP contribution >= 0.6 is 11.3 Å². The molecule has 0 unspecified atom stereocenters. The molecule has 0 bridgehead atoms. The van der Waals surface area contributed by atoms with Crippen molar-refractivity contribution in [3.8, 4) is 0 Å². The normalized spacial score (nSPS) is 18.6. The molecule has 0 aliphatic carbocycles. The second-order valence-corrected chi connectivity index (χ2v) is 8.51. The van der Waals surface area contributed by atoms with Gasteiger partial charge >= 0.3 is 0 Å². The Hall–Kier alpha value is -1.43. The summed E-state index contributed by atoms with van der Waals surface area (Å²) >= 11 is 1.73. The number of rotatable bonds is 5. The van der Waals surface area contributed by atoms with E-state index in [0.29, 0.717) is 19.5 Å². The summed E-state index contributed by atoms with van der Waals surface area (Å²) < 4.78 is 0. The van der Waals surface area contributed by atoms with Crippen molar-refractivity contribution in [3.63, 3.8) is 0 Å². The second-order valence-electron chi connectivity index (χ2n) is 7.22. The molecule has 6 heteroatoms. The summed E-state index contributed by atoms with van der Waals surface area (Å²) in [6.07, 6.45) is 2.09. The van der Waals surface area contributed by atoms with E-state index in [2.05, 4.69) is 17.2 Å². The van der Waals surface area contributed by atoms with Gasteiger partial charge in [0.1, 0.15) is 0 Å². The summed E-state index contributed by atoms with van der Waals surface area (Å²) in [5, 5.41) is 4.10. The SMILES string of the molecule is Cc1nc(CCCNC(=O)[C@H]2CC(=O)N(C(C)(C)C)C2)sc1C. The van der Waals surface area contributed by atoms with Gasteiger partial charge in [-0.1, -0.05) is 0 Å². The van der Waals surface area contributed by atoms with E-state index in [-0.39, 0.29) is 23.3 Å². The number of nitrogens with one attached hydrogen (secondary N) is 1. The molecule has 1 N–H and O–H groups in total.